The van der Waals surface area contributed by atoms with Gasteiger partial charge in [0.15, 0.2) is 0 Å². The number of ether oxygens (including phenoxy) is 1. The van der Waals surface area contributed by atoms with Crippen LogP contribution in [0.2, 0.25) is 0 Å². The summed E-state index contributed by atoms with van der Waals surface area (Å²) < 4.78 is 6.73. The van der Waals surface area contributed by atoms with Crippen LogP contribution in [0.4, 0.5) is 0 Å². The maximum Gasteiger partial charge on any atom is 0.123 e. The quantitative estimate of drug-likeness (QED) is 0.771. The van der Waals surface area contributed by atoms with Crippen LogP contribution in [0.3, 0.4) is 0 Å². The van der Waals surface area contributed by atoms with Gasteiger partial charge in [0, 0.05) is 16.1 Å². The summed E-state index contributed by atoms with van der Waals surface area (Å²) in [5, 5.41) is 0. The second kappa shape index (κ2) is 6.70. The predicted octanol–water partition coefficient (Wildman–Crippen LogP) is 5.37. The molecule has 2 nitrogen and oxygen atoms in total. The molecule has 0 aliphatic heterocycles. The molecule has 0 aromatic heterocycles. The van der Waals surface area contributed by atoms with E-state index in [1.165, 1.54) is 37.7 Å². The molecular formula is C18H28BrNO. The Kier molecular flexibility index (Phi) is 5.37. The lowest BCUT2D eigenvalue weighted by atomic mass is 9.70. The second-order valence-corrected chi connectivity index (χ2v) is 7.84. The van der Waals surface area contributed by atoms with Gasteiger partial charge >= 0.3 is 0 Å². The summed E-state index contributed by atoms with van der Waals surface area (Å²) in [5.41, 5.74) is 9.35. The average Bonchev–Trinajstić information content (AvgIpc) is 2.89. The van der Waals surface area contributed by atoms with E-state index in [1.807, 2.05) is 0 Å². The molecule has 1 unspecified atom stereocenters. The fraction of sp³-hybridized carbons (Fsp3) is 0.667. The van der Waals surface area contributed by atoms with Crippen LogP contribution in [-0.4, -0.2) is 7.11 Å². The number of hydrogen-bond donors (Lipinski definition) is 1. The van der Waals surface area contributed by atoms with E-state index in [0.29, 0.717) is 5.92 Å². The molecule has 1 aromatic rings. The van der Waals surface area contributed by atoms with Gasteiger partial charge in [-0.2, -0.15) is 0 Å². The first-order valence-electron chi connectivity index (χ1n) is 7.99. The van der Waals surface area contributed by atoms with Crippen LogP contribution in [-0.2, 0) is 0 Å². The van der Waals surface area contributed by atoms with Crippen LogP contribution in [0.5, 0.6) is 5.75 Å². The minimum atomic E-state index is 0.0502. The molecule has 1 saturated carbocycles. The highest BCUT2D eigenvalue weighted by Crippen LogP contribution is 2.52. The van der Waals surface area contributed by atoms with Crippen molar-refractivity contribution in [2.75, 3.05) is 7.11 Å². The normalized spacial score (nSPS) is 19.0. The van der Waals surface area contributed by atoms with E-state index in [2.05, 4.69) is 48.8 Å². The molecule has 118 valence electrons. The molecule has 21 heavy (non-hydrogen) atoms. The fourth-order valence-corrected chi connectivity index (χ4v) is 4.32. The fourth-order valence-electron chi connectivity index (χ4n) is 3.95. The van der Waals surface area contributed by atoms with E-state index in [-0.39, 0.29) is 11.5 Å². The Morgan fingerprint density at radius 2 is 1.90 bits per heavy atom. The Bertz CT molecular complexity index is 492. The van der Waals surface area contributed by atoms with Crippen molar-refractivity contribution in [1.29, 1.82) is 0 Å². The highest BCUT2D eigenvalue weighted by Gasteiger charge is 2.41. The van der Waals surface area contributed by atoms with Crippen molar-refractivity contribution in [3.8, 4) is 5.75 Å². The van der Waals surface area contributed by atoms with Gasteiger partial charge in [-0.25, -0.2) is 0 Å². The molecule has 0 radical (unpaired) electrons. The van der Waals surface area contributed by atoms with Gasteiger partial charge in [-0.05, 0) is 55.2 Å². The third-order valence-electron chi connectivity index (χ3n) is 4.92. The van der Waals surface area contributed by atoms with Crippen LogP contribution in [0, 0.1) is 18.3 Å². The molecule has 1 aromatic carbocycles. The van der Waals surface area contributed by atoms with Crippen LogP contribution < -0.4 is 10.5 Å². The summed E-state index contributed by atoms with van der Waals surface area (Å²) in [6.07, 6.45) is 6.27. The van der Waals surface area contributed by atoms with Gasteiger partial charge in [0.05, 0.1) is 7.11 Å². The number of hydrogen-bond acceptors (Lipinski definition) is 2. The molecule has 1 aliphatic rings. The van der Waals surface area contributed by atoms with Crippen LogP contribution >= 0.6 is 15.9 Å². The lowest BCUT2D eigenvalue weighted by Gasteiger charge is -2.38. The first-order chi connectivity index (χ1) is 9.89. The lowest BCUT2D eigenvalue weighted by Crippen LogP contribution is -2.34. The summed E-state index contributed by atoms with van der Waals surface area (Å²) in [5.74, 6) is 1.60. The van der Waals surface area contributed by atoms with Crippen molar-refractivity contribution in [2.45, 2.75) is 58.9 Å². The number of aryl methyl sites for hydroxylation is 1. The molecule has 2 rings (SSSR count). The number of benzene rings is 1. The first kappa shape index (κ1) is 16.8. The van der Waals surface area contributed by atoms with Crippen LogP contribution in [0.1, 0.15) is 63.1 Å². The van der Waals surface area contributed by atoms with E-state index in [1.54, 1.807) is 7.11 Å². The largest absolute Gasteiger partial charge is 0.496 e. The summed E-state index contributed by atoms with van der Waals surface area (Å²) in [7, 11) is 1.74. The first-order valence-corrected chi connectivity index (χ1v) is 8.78. The van der Waals surface area contributed by atoms with Crippen LogP contribution in [0.25, 0.3) is 0 Å². The molecule has 1 atom stereocenters. The summed E-state index contributed by atoms with van der Waals surface area (Å²) in [4.78, 5) is 0. The zero-order chi connectivity index (χ0) is 15.6. The maximum atomic E-state index is 6.78. The Morgan fingerprint density at radius 1 is 1.29 bits per heavy atom. The highest BCUT2D eigenvalue weighted by molar-refractivity contribution is 9.10. The zero-order valence-electron chi connectivity index (χ0n) is 13.7. The molecular weight excluding hydrogens is 326 g/mol. The highest BCUT2D eigenvalue weighted by atomic mass is 79.9. The van der Waals surface area contributed by atoms with Gasteiger partial charge < -0.3 is 10.5 Å². The number of methoxy groups -OCH3 is 1. The Balaban J connectivity index is 2.41. The van der Waals surface area contributed by atoms with E-state index in [4.69, 9.17) is 10.5 Å². The summed E-state index contributed by atoms with van der Waals surface area (Å²) >= 11 is 3.64. The molecule has 1 fully saturated rings. The van der Waals surface area contributed by atoms with Gasteiger partial charge in [-0.15, -0.1) is 0 Å². The Labute approximate surface area is 137 Å². The van der Waals surface area contributed by atoms with Crippen molar-refractivity contribution in [3.63, 3.8) is 0 Å². The number of nitrogens with two attached hydrogens (primary N) is 1. The minimum absolute atomic E-state index is 0.0502. The van der Waals surface area contributed by atoms with Crippen molar-refractivity contribution in [3.05, 3.63) is 27.7 Å². The lowest BCUT2D eigenvalue weighted by molar-refractivity contribution is 0.181. The molecule has 0 saturated heterocycles. The van der Waals surface area contributed by atoms with Gasteiger partial charge in [-0.1, -0.05) is 42.6 Å². The van der Waals surface area contributed by atoms with E-state index < -0.39 is 0 Å². The van der Waals surface area contributed by atoms with Gasteiger partial charge in [0.2, 0.25) is 0 Å². The van der Waals surface area contributed by atoms with Crippen molar-refractivity contribution in [2.24, 2.45) is 17.1 Å². The topological polar surface area (TPSA) is 35.2 Å². The Morgan fingerprint density at radius 3 is 2.43 bits per heavy atom. The third kappa shape index (κ3) is 3.45. The zero-order valence-corrected chi connectivity index (χ0v) is 15.3. The Hall–Kier alpha value is -0.540. The summed E-state index contributed by atoms with van der Waals surface area (Å²) in [6.45, 7) is 6.69. The van der Waals surface area contributed by atoms with Gasteiger partial charge in [0.25, 0.3) is 0 Å². The van der Waals surface area contributed by atoms with Crippen molar-refractivity contribution in [1.82, 2.24) is 0 Å². The number of rotatable bonds is 5. The van der Waals surface area contributed by atoms with Gasteiger partial charge in [-0.3, -0.25) is 0 Å². The smallest absolute Gasteiger partial charge is 0.123 e. The van der Waals surface area contributed by atoms with Crippen molar-refractivity contribution >= 4 is 15.9 Å². The average molecular weight is 354 g/mol. The van der Waals surface area contributed by atoms with Crippen LogP contribution in [0.15, 0.2) is 16.6 Å². The molecule has 3 heteroatoms. The minimum Gasteiger partial charge on any atom is -0.496 e. The molecule has 0 heterocycles. The molecule has 0 bridgehead atoms. The molecule has 0 amide bonds. The molecule has 2 N–H and O–H groups in total. The second-order valence-electron chi connectivity index (χ2n) is 6.99. The predicted molar refractivity (Wildman–Crippen MR) is 92.7 cm³/mol. The standard InChI is InChI=1S/C18H28BrNO/c1-12(2)11-18(7-5-6-8-18)17(20)14-10-15(19)13(3)9-16(14)21-4/h9-10,12,17H,5-8,11,20H2,1-4H3. The third-order valence-corrected chi connectivity index (χ3v) is 5.77. The summed E-state index contributed by atoms with van der Waals surface area (Å²) in [6, 6.07) is 4.31. The van der Waals surface area contributed by atoms with Crippen molar-refractivity contribution < 1.29 is 4.74 Å². The monoisotopic (exact) mass is 353 g/mol. The SMILES string of the molecule is COc1cc(C)c(Br)cc1C(N)C1(CC(C)C)CCCC1. The maximum absolute atomic E-state index is 6.78. The molecule has 0 spiro atoms. The van der Waals surface area contributed by atoms with E-state index in [0.717, 1.165) is 15.8 Å². The number of halogens is 1. The molecule has 1 aliphatic carbocycles. The van der Waals surface area contributed by atoms with E-state index in [9.17, 15) is 0 Å². The van der Waals surface area contributed by atoms with E-state index >= 15 is 0 Å². The van der Waals surface area contributed by atoms with Gasteiger partial charge in [0.1, 0.15) is 5.75 Å².